The second kappa shape index (κ2) is 6.12. The Bertz CT molecular complexity index is 644. The Morgan fingerprint density at radius 3 is 2.55 bits per heavy atom. The van der Waals surface area contributed by atoms with Crippen molar-refractivity contribution in [3.63, 3.8) is 0 Å². The van der Waals surface area contributed by atoms with Gasteiger partial charge in [-0.15, -0.1) is 0 Å². The van der Waals surface area contributed by atoms with Crippen molar-refractivity contribution in [2.24, 2.45) is 0 Å². The van der Waals surface area contributed by atoms with Crippen LogP contribution in [0, 0.1) is 12.7 Å². The highest BCUT2D eigenvalue weighted by Crippen LogP contribution is 2.36. The van der Waals surface area contributed by atoms with Gasteiger partial charge < -0.3 is 9.84 Å². The van der Waals surface area contributed by atoms with Gasteiger partial charge in [-0.2, -0.15) is 0 Å². The van der Waals surface area contributed by atoms with Crippen molar-refractivity contribution in [1.29, 1.82) is 0 Å². The van der Waals surface area contributed by atoms with Gasteiger partial charge in [-0.1, -0.05) is 27.5 Å². The van der Waals surface area contributed by atoms with E-state index in [0.717, 1.165) is 4.47 Å². The molecule has 2 aromatic carbocycles. The molecule has 1 unspecified atom stereocenters. The van der Waals surface area contributed by atoms with Crippen LogP contribution in [-0.2, 0) is 0 Å². The molecule has 1 atom stereocenters. The van der Waals surface area contributed by atoms with Crippen LogP contribution < -0.4 is 4.74 Å². The number of aliphatic hydroxyl groups excluding tert-OH is 1. The third-order valence-corrected chi connectivity index (χ3v) is 3.64. The molecule has 0 aliphatic rings. The van der Waals surface area contributed by atoms with E-state index in [-0.39, 0.29) is 5.82 Å². The van der Waals surface area contributed by atoms with E-state index in [2.05, 4.69) is 15.9 Å². The summed E-state index contributed by atoms with van der Waals surface area (Å²) >= 11 is 9.40. The van der Waals surface area contributed by atoms with Crippen LogP contribution in [0.4, 0.5) is 4.39 Å². The Labute approximate surface area is 130 Å². The van der Waals surface area contributed by atoms with E-state index in [1.165, 1.54) is 6.07 Å². The van der Waals surface area contributed by atoms with Crippen LogP contribution in [-0.4, -0.2) is 5.11 Å². The van der Waals surface area contributed by atoms with Gasteiger partial charge in [-0.3, -0.25) is 0 Å². The first-order valence-corrected chi connectivity index (χ1v) is 7.16. The molecule has 0 radical (unpaired) electrons. The number of aliphatic hydroxyl groups is 1. The van der Waals surface area contributed by atoms with E-state index in [4.69, 9.17) is 16.3 Å². The Morgan fingerprint density at radius 2 is 1.95 bits per heavy atom. The maximum absolute atomic E-state index is 13.6. The summed E-state index contributed by atoms with van der Waals surface area (Å²) in [5.74, 6) is 0.459. The van der Waals surface area contributed by atoms with Gasteiger partial charge in [0.25, 0.3) is 0 Å². The maximum atomic E-state index is 13.6. The molecule has 1 N–H and O–H groups in total. The number of hydrogen-bond donors (Lipinski definition) is 1. The van der Waals surface area contributed by atoms with E-state index in [1.807, 2.05) is 0 Å². The molecule has 0 heterocycles. The number of aryl methyl sites for hydroxylation is 1. The van der Waals surface area contributed by atoms with E-state index in [1.54, 1.807) is 38.1 Å². The predicted molar refractivity (Wildman–Crippen MR) is 81.0 cm³/mol. The molecule has 0 amide bonds. The highest BCUT2D eigenvalue weighted by atomic mass is 79.9. The predicted octanol–water partition coefficient (Wildman–Crippen LogP) is 5.40. The molecule has 106 valence electrons. The highest BCUT2D eigenvalue weighted by Gasteiger charge is 2.15. The summed E-state index contributed by atoms with van der Waals surface area (Å²) in [7, 11) is 0. The molecule has 2 nitrogen and oxygen atoms in total. The lowest BCUT2D eigenvalue weighted by Crippen LogP contribution is -1.99. The van der Waals surface area contributed by atoms with Crippen LogP contribution in [0.3, 0.4) is 0 Å². The van der Waals surface area contributed by atoms with Gasteiger partial charge in [0, 0.05) is 10.0 Å². The molecule has 0 aromatic heterocycles. The fraction of sp³-hybridized carbons (Fsp3) is 0.200. The number of halogens is 3. The lowest BCUT2D eigenvalue weighted by molar-refractivity contribution is 0.195. The summed E-state index contributed by atoms with van der Waals surface area (Å²) in [5.41, 5.74) is 0.824. The molecular formula is C15H13BrClFO2. The molecule has 0 fully saturated rings. The number of benzene rings is 2. The van der Waals surface area contributed by atoms with Gasteiger partial charge in [-0.25, -0.2) is 4.39 Å². The first-order valence-electron chi connectivity index (χ1n) is 5.99. The average Bonchev–Trinajstić information content (AvgIpc) is 2.36. The molecule has 0 saturated carbocycles. The summed E-state index contributed by atoms with van der Waals surface area (Å²) in [4.78, 5) is 0. The molecular weight excluding hydrogens is 347 g/mol. The topological polar surface area (TPSA) is 29.5 Å². The normalized spacial score (nSPS) is 12.3. The van der Waals surface area contributed by atoms with Crippen LogP contribution in [0.1, 0.15) is 24.2 Å². The number of hydrogen-bond acceptors (Lipinski definition) is 2. The zero-order valence-electron chi connectivity index (χ0n) is 11.0. The van der Waals surface area contributed by atoms with E-state index < -0.39 is 6.10 Å². The standard InChI is InChI=1S/C15H13BrClFO2/c1-8-5-15(11(9(2)19)7-13(8)18)20-14-4-3-10(16)6-12(14)17/h3-7,9,19H,1-2H3. The molecule has 0 spiro atoms. The fourth-order valence-electron chi connectivity index (χ4n) is 1.76. The van der Waals surface area contributed by atoms with Crippen molar-refractivity contribution in [2.75, 3.05) is 0 Å². The van der Waals surface area contributed by atoms with Gasteiger partial charge in [0.2, 0.25) is 0 Å². The Morgan fingerprint density at radius 1 is 1.25 bits per heavy atom. The average molecular weight is 360 g/mol. The van der Waals surface area contributed by atoms with Crippen LogP contribution in [0.15, 0.2) is 34.8 Å². The minimum Gasteiger partial charge on any atom is -0.455 e. The molecule has 5 heteroatoms. The summed E-state index contributed by atoms with van der Waals surface area (Å²) in [5, 5.41) is 10.2. The number of rotatable bonds is 3. The van der Waals surface area contributed by atoms with Crippen molar-refractivity contribution in [1.82, 2.24) is 0 Å². The molecule has 2 aromatic rings. The molecule has 0 aliphatic carbocycles. The van der Waals surface area contributed by atoms with E-state index in [9.17, 15) is 9.50 Å². The van der Waals surface area contributed by atoms with Gasteiger partial charge in [-0.05, 0) is 49.7 Å². The van der Waals surface area contributed by atoms with Crippen LogP contribution in [0.25, 0.3) is 0 Å². The third kappa shape index (κ3) is 3.32. The minimum atomic E-state index is -0.839. The smallest absolute Gasteiger partial charge is 0.146 e. The molecule has 0 bridgehead atoms. The van der Waals surface area contributed by atoms with Crippen LogP contribution >= 0.6 is 27.5 Å². The summed E-state index contributed by atoms with van der Waals surface area (Å²) in [6.45, 7) is 3.19. The monoisotopic (exact) mass is 358 g/mol. The van der Waals surface area contributed by atoms with Gasteiger partial charge in [0.05, 0.1) is 11.1 Å². The zero-order valence-corrected chi connectivity index (χ0v) is 13.3. The van der Waals surface area contributed by atoms with Gasteiger partial charge in [0.1, 0.15) is 17.3 Å². The highest BCUT2D eigenvalue weighted by molar-refractivity contribution is 9.10. The molecule has 2 rings (SSSR count). The maximum Gasteiger partial charge on any atom is 0.146 e. The Balaban J connectivity index is 2.44. The van der Waals surface area contributed by atoms with Crippen molar-refractivity contribution in [3.8, 4) is 11.5 Å². The first kappa shape index (κ1) is 15.3. The van der Waals surface area contributed by atoms with Crippen LogP contribution in [0.5, 0.6) is 11.5 Å². The van der Waals surface area contributed by atoms with Gasteiger partial charge in [0.15, 0.2) is 0 Å². The summed E-state index contributed by atoms with van der Waals surface area (Å²) in [6.07, 6.45) is -0.839. The second-order valence-electron chi connectivity index (χ2n) is 4.49. The van der Waals surface area contributed by atoms with Crippen molar-refractivity contribution < 1.29 is 14.2 Å². The Hall–Kier alpha value is -1.10. The van der Waals surface area contributed by atoms with Gasteiger partial charge >= 0.3 is 0 Å². The number of ether oxygens (including phenoxy) is 1. The van der Waals surface area contributed by atoms with Crippen molar-refractivity contribution >= 4 is 27.5 Å². The molecule has 0 saturated heterocycles. The lowest BCUT2D eigenvalue weighted by atomic mass is 10.1. The van der Waals surface area contributed by atoms with Crippen molar-refractivity contribution in [2.45, 2.75) is 20.0 Å². The van der Waals surface area contributed by atoms with Crippen LogP contribution in [0.2, 0.25) is 5.02 Å². The first-order chi connectivity index (χ1) is 9.38. The molecule has 20 heavy (non-hydrogen) atoms. The Kier molecular flexibility index (Phi) is 4.68. The van der Waals surface area contributed by atoms with Crippen molar-refractivity contribution in [3.05, 3.63) is 56.8 Å². The summed E-state index contributed by atoms with van der Waals surface area (Å²) in [6, 6.07) is 8.03. The second-order valence-corrected chi connectivity index (χ2v) is 5.81. The summed E-state index contributed by atoms with van der Waals surface area (Å²) < 4.78 is 20.1. The SMILES string of the molecule is Cc1cc(Oc2ccc(Br)cc2Cl)c(C(C)O)cc1F. The zero-order chi connectivity index (χ0) is 14.9. The molecule has 0 aliphatic heterocycles. The fourth-order valence-corrected chi connectivity index (χ4v) is 2.47. The van der Waals surface area contributed by atoms with E-state index >= 15 is 0 Å². The largest absolute Gasteiger partial charge is 0.455 e. The minimum absolute atomic E-state index is 0.379. The van der Waals surface area contributed by atoms with E-state index in [0.29, 0.717) is 27.6 Å². The third-order valence-electron chi connectivity index (χ3n) is 2.85. The quantitative estimate of drug-likeness (QED) is 0.795. The lowest BCUT2D eigenvalue weighted by Gasteiger charge is -2.15.